The van der Waals surface area contributed by atoms with Gasteiger partial charge in [-0.05, 0) is 63.5 Å². The summed E-state index contributed by atoms with van der Waals surface area (Å²) in [4.78, 5) is 0. The number of thiophene rings is 1. The van der Waals surface area contributed by atoms with Gasteiger partial charge in [-0.3, -0.25) is 0 Å². The molecule has 0 bridgehead atoms. The Morgan fingerprint density at radius 3 is 2.15 bits per heavy atom. The number of benzene rings is 5. The number of nitrogens with one attached hydrogen (secondary N) is 1. The Kier molecular flexibility index (Phi) is 5.21. The van der Waals surface area contributed by atoms with Gasteiger partial charge >= 0.3 is 0 Å². The van der Waals surface area contributed by atoms with Crippen LogP contribution in [0.4, 0.5) is 11.4 Å². The first-order valence-corrected chi connectivity index (χ1v) is 12.2. The van der Waals surface area contributed by atoms with Crippen LogP contribution in [-0.2, 0) is 0 Å². The minimum atomic E-state index is 1.07. The first-order chi connectivity index (χ1) is 16.8. The van der Waals surface area contributed by atoms with Crippen LogP contribution in [0.25, 0.3) is 43.8 Å². The molecule has 0 atom stereocenters. The molecule has 34 heavy (non-hydrogen) atoms. The van der Waals surface area contributed by atoms with Crippen LogP contribution in [0.3, 0.4) is 0 Å². The third kappa shape index (κ3) is 3.79. The van der Waals surface area contributed by atoms with E-state index in [0.29, 0.717) is 0 Å². The second kappa shape index (κ2) is 8.66. The highest BCUT2D eigenvalue weighted by atomic mass is 32.1. The topological polar surface area (TPSA) is 12.0 Å². The Morgan fingerprint density at radius 2 is 1.32 bits per heavy atom. The molecule has 1 aromatic heterocycles. The summed E-state index contributed by atoms with van der Waals surface area (Å²) in [6.45, 7) is 3.90. The van der Waals surface area contributed by atoms with Crippen LogP contribution in [0.1, 0.15) is 5.56 Å². The normalized spacial score (nSPS) is 12.6. The highest BCUT2D eigenvalue weighted by molar-refractivity contribution is 7.17. The second-order valence-electron chi connectivity index (χ2n) is 8.39. The highest BCUT2D eigenvalue weighted by Gasteiger charge is 2.03. The van der Waals surface area contributed by atoms with Gasteiger partial charge in [0, 0.05) is 31.2 Å². The lowest BCUT2D eigenvalue weighted by molar-refractivity contribution is 1.55. The van der Waals surface area contributed by atoms with Crippen LogP contribution in [0, 0.1) is 0 Å². The fourth-order valence-corrected chi connectivity index (χ4v) is 5.70. The maximum absolute atomic E-state index is 3.90. The van der Waals surface area contributed by atoms with E-state index in [-0.39, 0.29) is 0 Å². The molecule has 1 N–H and O–H groups in total. The zero-order valence-electron chi connectivity index (χ0n) is 18.7. The van der Waals surface area contributed by atoms with Gasteiger partial charge in [0.1, 0.15) is 0 Å². The monoisotopic (exact) mass is 453 g/mol. The van der Waals surface area contributed by atoms with E-state index >= 15 is 0 Å². The summed E-state index contributed by atoms with van der Waals surface area (Å²) in [5, 5.41) is 11.2. The Hall–Kier alpha value is -4.14. The van der Waals surface area contributed by atoms with E-state index in [4.69, 9.17) is 0 Å². The smallest absolute Gasteiger partial charge is 0.0390 e. The van der Waals surface area contributed by atoms with E-state index in [1.54, 1.807) is 0 Å². The van der Waals surface area contributed by atoms with E-state index in [0.717, 1.165) is 11.4 Å². The summed E-state index contributed by atoms with van der Waals surface area (Å²) in [5.41, 5.74) is 3.35. The summed E-state index contributed by atoms with van der Waals surface area (Å²) >= 11 is 1.82. The third-order valence-electron chi connectivity index (χ3n) is 6.19. The first kappa shape index (κ1) is 20.5. The second-order valence-corrected chi connectivity index (χ2v) is 9.48. The largest absolute Gasteiger partial charge is 0.356 e. The van der Waals surface area contributed by atoms with Gasteiger partial charge in [-0.1, -0.05) is 91.5 Å². The molecule has 0 radical (unpaired) electrons. The van der Waals surface area contributed by atoms with Crippen molar-refractivity contribution in [1.29, 1.82) is 0 Å². The summed E-state index contributed by atoms with van der Waals surface area (Å²) in [7, 11) is 0. The van der Waals surface area contributed by atoms with Crippen molar-refractivity contribution in [3.05, 3.63) is 131 Å². The molecule has 6 aromatic rings. The summed E-state index contributed by atoms with van der Waals surface area (Å²) < 4.78 is 2.55. The molecule has 162 valence electrons. The van der Waals surface area contributed by atoms with Gasteiger partial charge in [0.15, 0.2) is 0 Å². The molecular formula is C32H23NS. The van der Waals surface area contributed by atoms with Crippen molar-refractivity contribution in [2.24, 2.45) is 0 Å². The molecule has 0 unspecified atom stereocenters. The molecule has 0 saturated heterocycles. The van der Waals surface area contributed by atoms with Crippen molar-refractivity contribution < 1.29 is 0 Å². The number of anilines is 2. The molecule has 1 heterocycles. The highest BCUT2D eigenvalue weighted by Crippen LogP contribution is 2.29. The molecule has 5 aromatic carbocycles. The maximum atomic E-state index is 3.90. The standard InChI is InChI=1S/C32H23NS/c1-2-7-28-29-10-5-6-11-31(29)34-32(28)20-22-12-17-25(18-13-22)33-26-19-16-24-15-14-23-8-3-4-9-27(23)30(24)21-26/h2-21,33H,1H2/b28-7-,32-20-. The summed E-state index contributed by atoms with van der Waals surface area (Å²) in [6.07, 6.45) is 6.22. The first-order valence-electron chi connectivity index (χ1n) is 11.4. The lowest BCUT2D eigenvalue weighted by atomic mass is 10.0. The van der Waals surface area contributed by atoms with Crippen LogP contribution in [0.15, 0.2) is 116 Å². The van der Waals surface area contributed by atoms with Crippen LogP contribution >= 0.6 is 11.3 Å². The molecule has 1 nitrogen and oxygen atoms in total. The van der Waals surface area contributed by atoms with Crippen LogP contribution < -0.4 is 15.1 Å². The Bertz CT molecular complexity index is 1790. The molecule has 0 aliphatic heterocycles. The van der Waals surface area contributed by atoms with Gasteiger partial charge in [0.25, 0.3) is 0 Å². The number of hydrogen-bond donors (Lipinski definition) is 1. The Balaban J connectivity index is 1.33. The predicted octanol–water partition coefficient (Wildman–Crippen LogP) is 7.75. The average Bonchev–Trinajstić information content (AvgIpc) is 3.22. The van der Waals surface area contributed by atoms with E-state index in [1.807, 2.05) is 17.4 Å². The Morgan fingerprint density at radius 1 is 0.647 bits per heavy atom. The molecule has 0 fully saturated rings. The third-order valence-corrected chi connectivity index (χ3v) is 7.32. The number of allylic oxidation sites excluding steroid dienone is 1. The lowest BCUT2D eigenvalue weighted by Gasteiger charge is -2.10. The minimum Gasteiger partial charge on any atom is -0.356 e. The lowest BCUT2D eigenvalue weighted by Crippen LogP contribution is -2.18. The number of fused-ring (bicyclic) bond motifs is 4. The van der Waals surface area contributed by atoms with Crippen LogP contribution in [-0.4, -0.2) is 0 Å². The van der Waals surface area contributed by atoms with Gasteiger partial charge in [-0.25, -0.2) is 0 Å². The Labute approximate surface area is 202 Å². The van der Waals surface area contributed by atoms with Crippen molar-refractivity contribution in [2.45, 2.75) is 0 Å². The van der Waals surface area contributed by atoms with Crippen LogP contribution in [0.2, 0.25) is 0 Å². The molecule has 0 aliphatic rings. The predicted molar refractivity (Wildman–Crippen MR) is 150 cm³/mol. The van der Waals surface area contributed by atoms with Gasteiger partial charge < -0.3 is 5.32 Å². The van der Waals surface area contributed by atoms with Gasteiger partial charge in [-0.2, -0.15) is 0 Å². The van der Waals surface area contributed by atoms with E-state index < -0.39 is 0 Å². The fraction of sp³-hybridized carbons (Fsp3) is 0. The van der Waals surface area contributed by atoms with Crippen molar-refractivity contribution in [1.82, 2.24) is 0 Å². The molecule has 6 rings (SSSR count). The van der Waals surface area contributed by atoms with Gasteiger partial charge in [0.05, 0.1) is 0 Å². The van der Waals surface area contributed by atoms with Crippen molar-refractivity contribution in [3.63, 3.8) is 0 Å². The van der Waals surface area contributed by atoms with E-state index in [9.17, 15) is 0 Å². The van der Waals surface area contributed by atoms with E-state index in [1.165, 1.54) is 46.9 Å². The maximum Gasteiger partial charge on any atom is 0.0390 e. The molecular weight excluding hydrogens is 430 g/mol. The van der Waals surface area contributed by atoms with E-state index in [2.05, 4.69) is 127 Å². The number of rotatable bonds is 4. The van der Waals surface area contributed by atoms with Crippen molar-refractivity contribution in [3.8, 4) is 0 Å². The van der Waals surface area contributed by atoms with Crippen molar-refractivity contribution >= 4 is 66.5 Å². The zero-order valence-corrected chi connectivity index (χ0v) is 19.5. The summed E-state index contributed by atoms with van der Waals surface area (Å²) in [5.74, 6) is 0. The number of hydrogen-bond acceptors (Lipinski definition) is 2. The quantitative estimate of drug-likeness (QED) is 0.269. The molecule has 2 heteroatoms. The molecule has 0 aliphatic carbocycles. The summed E-state index contributed by atoms with van der Waals surface area (Å²) in [6, 6.07) is 36.7. The molecule has 0 saturated carbocycles. The minimum absolute atomic E-state index is 1.07. The van der Waals surface area contributed by atoms with Crippen molar-refractivity contribution in [2.75, 3.05) is 5.32 Å². The van der Waals surface area contributed by atoms with Gasteiger partial charge in [-0.15, -0.1) is 11.3 Å². The van der Waals surface area contributed by atoms with Crippen LogP contribution in [0.5, 0.6) is 0 Å². The SMILES string of the molecule is C=C/C=c1\c(=C\c2ccc(Nc3ccc4ccc5ccccc5c4c3)cc2)sc2ccccc12. The zero-order chi connectivity index (χ0) is 22.9. The fourth-order valence-electron chi connectivity index (χ4n) is 4.54. The average molecular weight is 454 g/mol. The molecule has 0 amide bonds. The molecule has 0 spiro atoms. The van der Waals surface area contributed by atoms with Gasteiger partial charge in [0.2, 0.25) is 0 Å².